The van der Waals surface area contributed by atoms with Crippen LogP contribution in [0.15, 0.2) is 24.3 Å². The van der Waals surface area contributed by atoms with E-state index in [0.717, 1.165) is 26.1 Å². The van der Waals surface area contributed by atoms with Gasteiger partial charge in [-0.15, -0.1) is 0 Å². The molecular formula is C18H30N2O. The van der Waals surface area contributed by atoms with Crippen molar-refractivity contribution in [2.24, 2.45) is 0 Å². The summed E-state index contributed by atoms with van der Waals surface area (Å²) < 4.78 is 5.54. The highest BCUT2D eigenvalue weighted by Crippen LogP contribution is 2.26. The molecule has 1 fully saturated rings. The fraction of sp³-hybridized carbons (Fsp3) is 0.667. The lowest BCUT2D eigenvalue weighted by atomic mass is 9.92. The second-order valence-electron chi connectivity index (χ2n) is 5.98. The second kappa shape index (κ2) is 8.40. The zero-order valence-electron chi connectivity index (χ0n) is 13.8. The lowest BCUT2D eigenvalue weighted by molar-refractivity contribution is 0.0669. The van der Waals surface area contributed by atoms with Gasteiger partial charge >= 0.3 is 0 Å². The highest BCUT2D eigenvalue weighted by Gasteiger charge is 2.22. The van der Waals surface area contributed by atoms with Crippen molar-refractivity contribution < 1.29 is 4.74 Å². The minimum atomic E-state index is 0.422. The fourth-order valence-electron chi connectivity index (χ4n) is 3.20. The van der Waals surface area contributed by atoms with Crippen molar-refractivity contribution in [3.63, 3.8) is 0 Å². The second-order valence-corrected chi connectivity index (χ2v) is 5.98. The van der Waals surface area contributed by atoms with Gasteiger partial charge in [-0.2, -0.15) is 0 Å². The van der Waals surface area contributed by atoms with E-state index in [4.69, 9.17) is 4.74 Å². The number of nitrogens with zero attached hydrogens (tertiary/aromatic N) is 1. The number of nitrogens with one attached hydrogen (secondary N) is 1. The molecule has 118 valence electrons. The SMILES string of the molecule is CCN(CC)Cc1ccccc1NC1CCCC(OC)C1. The van der Waals surface area contributed by atoms with Gasteiger partial charge in [0.2, 0.25) is 0 Å². The van der Waals surface area contributed by atoms with Gasteiger partial charge in [-0.1, -0.05) is 32.0 Å². The van der Waals surface area contributed by atoms with Crippen molar-refractivity contribution in [1.29, 1.82) is 0 Å². The third kappa shape index (κ3) is 4.72. The highest BCUT2D eigenvalue weighted by atomic mass is 16.5. The van der Waals surface area contributed by atoms with Crippen LogP contribution in [-0.4, -0.2) is 37.2 Å². The topological polar surface area (TPSA) is 24.5 Å². The summed E-state index contributed by atoms with van der Waals surface area (Å²) in [6.07, 6.45) is 5.26. The van der Waals surface area contributed by atoms with E-state index >= 15 is 0 Å². The first-order valence-electron chi connectivity index (χ1n) is 8.36. The van der Waals surface area contributed by atoms with Crippen LogP contribution >= 0.6 is 0 Å². The van der Waals surface area contributed by atoms with Crippen LogP contribution in [0.1, 0.15) is 45.1 Å². The van der Waals surface area contributed by atoms with Gasteiger partial charge in [0, 0.05) is 25.4 Å². The van der Waals surface area contributed by atoms with E-state index in [1.165, 1.54) is 30.5 Å². The number of rotatable bonds is 7. The van der Waals surface area contributed by atoms with Crippen molar-refractivity contribution >= 4 is 5.69 Å². The summed E-state index contributed by atoms with van der Waals surface area (Å²) in [6.45, 7) is 7.67. The van der Waals surface area contributed by atoms with Crippen LogP contribution in [0.2, 0.25) is 0 Å². The fourth-order valence-corrected chi connectivity index (χ4v) is 3.20. The Morgan fingerprint density at radius 1 is 1.19 bits per heavy atom. The molecule has 3 heteroatoms. The minimum absolute atomic E-state index is 0.422. The van der Waals surface area contributed by atoms with E-state index < -0.39 is 0 Å². The molecule has 1 aromatic carbocycles. The number of methoxy groups -OCH3 is 1. The Morgan fingerprint density at radius 2 is 1.95 bits per heavy atom. The van der Waals surface area contributed by atoms with E-state index in [9.17, 15) is 0 Å². The third-order valence-corrected chi connectivity index (χ3v) is 4.62. The average Bonchev–Trinajstić information content (AvgIpc) is 2.54. The number of para-hydroxylation sites is 1. The molecule has 0 amide bonds. The lowest BCUT2D eigenvalue weighted by Gasteiger charge is -2.30. The Morgan fingerprint density at radius 3 is 2.67 bits per heavy atom. The van der Waals surface area contributed by atoms with Crippen molar-refractivity contribution in [3.05, 3.63) is 29.8 Å². The predicted molar refractivity (Wildman–Crippen MR) is 89.7 cm³/mol. The molecule has 1 saturated carbocycles. The van der Waals surface area contributed by atoms with Crippen molar-refractivity contribution in [3.8, 4) is 0 Å². The molecule has 2 unspecified atom stereocenters. The molecule has 0 aromatic heterocycles. The maximum atomic E-state index is 5.54. The molecule has 1 aromatic rings. The number of hydrogen-bond acceptors (Lipinski definition) is 3. The van der Waals surface area contributed by atoms with Gasteiger partial charge in [0.15, 0.2) is 0 Å². The van der Waals surface area contributed by atoms with Crippen LogP contribution in [0.5, 0.6) is 0 Å². The summed E-state index contributed by atoms with van der Waals surface area (Å²) in [4.78, 5) is 2.46. The first kappa shape index (κ1) is 16.3. The Bertz CT molecular complexity index is 417. The first-order chi connectivity index (χ1) is 10.3. The summed E-state index contributed by atoms with van der Waals surface area (Å²) in [7, 11) is 1.83. The number of hydrogen-bond donors (Lipinski definition) is 1. The Hall–Kier alpha value is -1.06. The summed E-state index contributed by atoms with van der Waals surface area (Å²) in [5, 5.41) is 3.76. The quantitative estimate of drug-likeness (QED) is 0.824. The smallest absolute Gasteiger partial charge is 0.0590 e. The standard InChI is InChI=1S/C18H30N2O/c1-4-20(5-2)14-15-9-6-7-12-18(15)19-16-10-8-11-17(13-16)21-3/h6-7,9,12,16-17,19H,4-5,8,10-11,13-14H2,1-3H3. The van der Waals surface area contributed by atoms with Gasteiger partial charge in [-0.25, -0.2) is 0 Å². The van der Waals surface area contributed by atoms with Gasteiger partial charge in [0.05, 0.1) is 6.10 Å². The Kier molecular flexibility index (Phi) is 6.52. The zero-order chi connectivity index (χ0) is 15.1. The molecule has 0 bridgehead atoms. The molecule has 3 nitrogen and oxygen atoms in total. The van der Waals surface area contributed by atoms with Gasteiger partial charge in [-0.3, -0.25) is 4.90 Å². The molecule has 1 aliphatic carbocycles. The summed E-state index contributed by atoms with van der Waals surface area (Å²) in [6, 6.07) is 9.28. The average molecular weight is 290 g/mol. The highest BCUT2D eigenvalue weighted by molar-refractivity contribution is 5.51. The minimum Gasteiger partial charge on any atom is -0.382 e. The summed E-state index contributed by atoms with van der Waals surface area (Å²) in [5.74, 6) is 0. The lowest BCUT2D eigenvalue weighted by Crippen LogP contribution is -2.31. The van der Waals surface area contributed by atoms with Crippen LogP contribution in [0.3, 0.4) is 0 Å². The van der Waals surface area contributed by atoms with E-state index in [1.807, 2.05) is 7.11 Å². The first-order valence-corrected chi connectivity index (χ1v) is 8.36. The zero-order valence-corrected chi connectivity index (χ0v) is 13.8. The Labute approximate surface area is 129 Å². The van der Waals surface area contributed by atoms with E-state index in [-0.39, 0.29) is 0 Å². The maximum absolute atomic E-state index is 5.54. The van der Waals surface area contributed by atoms with Gasteiger partial charge in [0.25, 0.3) is 0 Å². The van der Waals surface area contributed by atoms with Crippen LogP contribution < -0.4 is 5.32 Å². The molecule has 21 heavy (non-hydrogen) atoms. The maximum Gasteiger partial charge on any atom is 0.0590 e. The third-order valence-electron chi connectivity index (χ3n) is 4.62. The molecular weight excluding hydrogens is 260 g/mol. The van der Waals surface area contributed by atoms with Gasteiger partial charge in [-0.05, 0) is 50.4 Å². The summed E-state index contributed by atoms with van der Waals surface area (Å²) in [5.41, 5.74) is 2.70. The van der Waals surface area contributed by atoms with E-state index in [2.05, 4.69) is 48.3 Å². The van der Waals surface area contributed by atoms with E-state index in [0.29, 0.717) is 12.1 Å². The van der Waals surface area contributed by atoms with Gasteiger partial charge < -0.3 is 10.1 Å². The molecule has 2 atom stereocenters. The normalized spacial score (nSPS) is 22.5. The molecule has 1 N–H and O–H groups in total. The van der Waals surface area contributed by atoms with Crippen molar-refractivity contribution in [2.75, 3.05) is 25.5 Å². The Balaban J connectivity index is 2.02. The molecule has 0 heterocycles. The molecule has 1 aliphatic rings. The summed E-state index contributed by atoms with van der Waals surface area (Å²) >= 11 is 0. The van der Waals surface area contributed by atoms with Crippen molar-refractivity contribution in [1.82, 2.24) is 4.90 Å². The van der Waals surface area contributed by atoms with Crippen LogP contribution in [0.4, 0.5) is 5.69 Å². The van der Waals surface area contributed by atoms with Gasteiger partial charge in [0.1, 0.15) is 0 Å². The largest absolute Gasteiger partial charge is 0.382 e. The molecule has 0 radical (unpaired) electrons. The molecule has 2 rings (SSSR count). The van der Waals surface area contributed by atoms with Crippen LogP contribution in [0.25, 0.3) is 0 Å². The molecule has 0 spiro atoms. The number of anilines is 1. The van der Waals surface area contributed by atoms with Crippen LogP contribution in [-0.2, 0) is 11.3 Å². The predicted octanol–water partition coefficient (Wildman–Crippen LogP) is 3.90. The molecule has 0 saturated heterocycles. The number of ether oxygens (including phenoxy) is 1. The van der Waals surface area contributed by atoms with E-state index in [1.54, 1.807) is 0 Å². The molecule has 0 aliphatic heterocycles. The van der Waals surface area contributed by atoms with Crippen molar-refractivity contribution in [2.45, 2.75) is 58.2 Å². The monoisotopic (exact) mass is 290 g/mol. The van der Waals surface area contributed by atoms with Crippen LogP contribution in [0, 0.1) is 0 Å². The number of benzene rings is 1.